The topological polar surface area (TPSA) is 86.3 Å². The zero-order chi connectivity index (χ0) is 13.7. The monoisotopic (exact) mass is 256 g/mol. The first kappa shape index (κ1) is 12.9. The van der Waals surface area contributed by atoms with Crippen molar-refractivity contribution in [1.29, 1.82) is 5.26 Å². The van der Waals surface area contributed by atoms with E-state index in [1.807, 2.05) is 6.07 Å². The van der Waals surface area contributed by atoms with Crippen molar-refractivity contribution in [3.05, 3.63) is 59.5 Å². The third kappa shape index (κ3) is 3.00. The lowest BCUT2D eigenvalue weighted by molar-refractivity contribution is 0.0907. The lowest BCUT2D eigenvalue weighted by Gasteiger charge is -2.13. The molecule has 1 unspecified atom stereocenters. The van der Waals surface area contributed by atoms with E-state index in [0.717, 1.165) is 0 Å². The Hall–Kier alpha value is -2.58. The number of nitriles is 1. The van der Waals surface area contributed by atoms with E-state index in [1.54, 1.807) is 30.3 Å². The van der Waals surface area contributed by atoms with Gasteiger partial charge in [-0.3, -0.25) is 4.79 Å². The Morgan fingerprint density at radius 2 is 2.26 bits per heavy atom. The molecule has 0 saturated heterocycles. The maximum atomic E-state index is 12.0. The number of furan rings is 1. The molecule has 0 aliphatic carbocycles. The fourth-order valence-corrected chi connectivity index (χ4v) is 1.67. The number of aliphatic hydroxyl groups excluding tert-OH is 1. The van der Waals surface area contributed by atoms with Crippen LogP contribution in [-0.2, 0) is 0 Å². The summed E-state index contributed by atoms with van der Waals surface area (Å²) in [5.41, 5.74) is 0.773. The van der Waals surface area contributed by atoms with Crippen molar-refractivity contribution < 1.29 is 14.3 Å². The van der Waals surface area contributed by atoms with E-state index < -0.39 is 6.04 Å². The lowest BCUT2D eigenvalue weighted by Crippen LogP contribution is -2.30. The molecule has 96 valence electrons. The molecule has 1 aromatic heterocycles. The van der Waals surface area contributed by atoms with E-state index in [9.17, 15) is 9.90 Å². The molecule has 1 heterocycles. The largest absolute Gasteiger partial charge is 0.467 e. The van der Waals surface area contributed by atoms with Crippen LogP contribution in [0.4, 0.5) is 0 Å². The van der Waals surface area contributed by atoms with E-state index in [4.69, 9.17) is 9.68 Å². The average Bonchev–Trinajstić information content (AvgIpc) is 2.98. The number of amides is 1. The molecular weight excluding hydrogens is 244 g/mol. The number of benzene rings is 1. The summed E-state index contributed by atoms with van der Waals surface area (Å²) in [4.78, 5) is 12.0. The van der Waals surface area contributed by atoms with Gasteiger partial charge in [0.15, 0.2) is 0 Å². The zero-order valence-corrected chi connectivity index (χ0v) is 10.0. The molecular formula is C14H12N2O3. The highest BCUT2D eigenvalue weighted by Crippen LogP contribution is 2.14. The normalized spacial score (nSPS) is 11.6. The molecule has 0 bridgehead atoms. The first-order chi connectivity index (χ1) is 9.24. The number of carbonyl (C=O) groups excluding carboxylic acids is 1. The number of nitrogens with one attached hydrogen (secondary N) is 1. The molecule has 1 atom stereocenters. The summed E-state index contributed by atoms with van der Waals surface area (Å²) in [5, 5.41) is 20.7. The van der Waals surface area contributed by atoms with Gasteiger partial charge in [0.2, 0.25) is 0 Å². The van der Waals surface area contributed by atoms with Gasteiger partial charge in [-0.15, -0.1) is 0 Å². The van der Waals surface area contributed by atoms with Gasteiger partial charge in [0.1, 0.15) is 11.8 Å². The quantitative estimate of drug-likeness (QED) is 0.870. The van der Waals surface area contributed by atoms with Crippen LogP contribution in [-0.4, -0.2) is 17.6 Å². The summed E-state index contributed by atoms with van der Waals surface area (Å²) in [6.07, 6.45) is 1.47. The molecule has 5 nitrogen and oxygen atoms in total. The van der Waals surface area contributed by atoms with E-state index in [2.05, 4.69) is 5.32 Å². The van der Waals surface area contributed by atoms with Crippen molar-refractivity contribution >= 4 is 5.91 Å². The first-order valence-corrected chi connectivity index (χ1v) is 5.70. The summed E-state index contributed by atoms with van der Waals surface area (Å²) >= 11 is 0. The molecule has 0 radical (unpaired) electrons. The average molecular weight is 256 g/mol. The van der Waals surface area contributed by atoms with Crippen molar-refractivity contribution in [3.8, 4) is 6.07 Å². The number of hydrogen-bond donors (Lipinski definition) is 2. The Morgan fingerprint density at radius 3 is 2.89 bits per heavy atom. The van der Waals surface area contributed by atoms with Gasteiger partial charge in [-0.05, 0) is 30.3 Å². The highest BCUT2D eigenvalue weighted by molar-refractivity contribution is 5.94. The number of carbonyl (C=O) groups is 1. The Balaban J connectivity index is 2.14. The maximum Gasteiger partial charge on any atom is 0.251 e. The SMILES string of the molecule is N#Cc1cccc(C(=O)NC(CO)c2ccco2)c1. The van der Waals surface area contributed by atoms with Crippen LogP contribution < -0.4 is 5.32 Å². The fourth-order valence-electron chi connectivity index (χ4n) is 1.67. The lowest BCUT2D eigenvalue weighted by atomic mass is 10.1. The van der Waals surface area contributed by atoms with Crippen molar-refractivity contribution in [2.75, 3.05) is 6.61 Å². The van der Waals surface area contributed by atoms with Gasteiger partial charge in [-0.25, -0.2) is 0 Å². The third-order valence-electron chi connectivity index (χ3n) is 2.63. The number of hydrogen-bond acceptors (Lipinski definition) is 4. The fraction of sp³-hybridized carbons (Fsp3) is 0.143. The van der Waals surface area contributed by atoms with Gasteiger partial charge in [0, 0.05) is 5.56 Å². The van der Waals surface area contributed by atoms with E-state index >= 15 is 0 Å². The maximum absolute atomic E-state index is 12.0. The van der Waals surface area contributed by atoms with Crippen LogP contribution in [0.5, 0.6) is 0 Å². The molecule has 0 aliphatic rings. The van der Waals surface area contributed by atoms with Crippen molar-refractivity contribution in [2.24, 2.45) is 0 Å². The number of nitrogens with zero attached hydrogens (tertiary/aromatic N) is 1. The molecule has 0 spiro atoms. The second-order valence-corrected chi connectivity index (χ2v) is 3.92. The van der Waals surface area contributed by atoms with Crippen molar-refractivity contribution in [2.45, 2.75) is 6.04 Å². The van der Waals surface area contributed by atoms with Gasteiger partial charge in [-0.2, -0.15) is 5.26 Å². The van der Waals surface area contributed by atoms with Gasteiger partial charge >= 0.3 is 0 Å². The molecule has 2 aromatic rings. The molecule has 2 N–H and O–H groups in total. The summed E-state index contributed by atoms with van der Waals surface area (Å²) in [6.45, 7) is -0.267. The number of rotatable bonds is 4. The molecule has 1 aromatic carbocycles. The van der Waals surface area contributed by atoms with E-state index in [0.29, 0.717) is 16.9 Å². The van der Waals surface area contributed by atoms with Crippen LogP contribution in [0.1, 0.15) is 27.7 Å². The molecule has 0 fully saturated rings. The highest BCUT2D eigenvalue weighted by atomic mass is 16.3. The molecule has 19 heavy (non-hydrogen) atoms. The smallest absolute Gasteiger partial charge is 0.251 e. The molecule has 0 aliphatic heterocycles. The minimum atomic E-state index is -0.603. The van der Waals surface area contributed by atoms with Gasteiger partial charge in [-0.1, -0.05) is 6.07 Å². The van der Waals surface area contributed by atoms with E-state index in [-0.39, 0.29) is 12.5 Å². The van der Waals surface area contributed by atoms with Crippen LogP contribution in [0.15, 0.2) is 47.1 Å². The Bertz CT molecular complexity index is 599. The summed E-state index contributed by atoms with van der Waals surface area (Å²) in [5.74, 6) is 0.111. The second-order valence-electron chi connectivity index (χ2n) is 3.92. The Labute approximate surface area is 110 Å². The van der Waals surface area contributed by atoms with Crippen LogP contribution in [0, 0.1) is 11.3 Å². The Morgan fingerprint density at radius 1 is 1.42 bits per heavy atom. The standard InChI is InChI=1S/C14H12N2O3/c15-8-10-3-1-4-11(7-10)14(18)16-12(9-17)13-5-2-6-19-13/h1-7,12,17H,9H2,(H,16,18). The Kier molecular flexibility index (Phi) is 3.96. The molecule has 2 rings (SSSR count). The summed E-state index contributed by atoms with van der Waals surface area (Å²) in [7, 11) is 0. The summed E-state index contributed by atoms with van der Waals surface area (Å²) < 4.78 is 5.14. The van der Waals surface area contributed by atoms with Crippen LogP contribution >= 0.6 is 0 Å². The summed E-state index contributed by atoms with van der Waals surface area (Å²) in [6, 6.07) is 11.1. The predicted molar refractivity (Wildman–Crippen MR) is 67.2 cm³/mol. The minimum absolute atomic E-state index is 0.267. The van der Waals surface area contributed by atoms with Crippen molar-refractivity contribution in [1.82, 2.24) is 5.32 Å². The van der Waals surface area contributed by atoms with Gasteiger partial charge in [0.25, 0.3) is 5.91 Å². The second kappa shape index (κ2) is 5.85. The zero-order valence-electron chi connectivity index (χ0n) is 10.0. The first-order valence-electron chi connectivity index (χ1n) is 5.70. The van der Waals surface area contributed by atoms with Crippen LogP contribution in [0.3, 0.4) is 0 Å². The predicted octanol–water partition coefficient (Wildman–Crippen LogP) is 1.61. The van der Waals surface area contributed by atoms with Crippen molar-refractivity contribution in [3.63, 3.8) is 0 Å². The number of aliphatic hydroxyl groups is 1. The van der Waals surface area contributed by atoms with Crippen LogP contribution in [0.2, 0.25) is 0 Å². The highest BCUT2D eigenvalue weighted by Gasteiger charge is 2.17. The van der Waals surface area contributed by atoms with Gasteiger partial charge < -0.3 is 14.8 Å². The third-order valence-corrected chi connectivity index (χ3v) is 2.63. The minimum Gasteiger partial charge on any atom is -0.467 e. The van der Waals surface area contributed by atoms with E-state index in [1.165, 1.54) is 12.3 Å². The van der Waals surface area contributed by atoms with Crippen LogP contribution in [0.25, 0.3) is 0 Å². The molecule has 0 saturated carbocycles. The molecule has 1 amide bonds. The molecule has 5 heteroatoms. The van der Waals surface area contributed by atoms with Gasteiger partial charge in [0.05, 0.1) is 24.5 Å².